The maximum absolute atomic E-state index is 10.6. The van der Waals surface area contributed by atoms with E-state index >= 15 is 0 Å². The minimum Gasteiger partial charge on any atom is -0.392 e. The Labute approximate surface area is 77.1 Å². The molecule has 4 N–H and O–H groups in total. The number of hydrogen-bond donors (Lipinski definition) is 3. The van der Waals surface area contributed by atoms with Crippen LogP contribution in [-0.4, -0.2) is 28.3 Å². The van der Waals surface area contributed by atoms with Gasteiger partial charge in [-0.05, 0) is 13.3 Å². The minimum absolute atomic E-state index is 0.0338. The van der Waals surface area contributed by atoms with Crippen LogP contribution < -0.4 is 5.73 Å². The van der Waals surface area contributed by atoms with Gasteiger partial charge in [0, 0.05) is 12.3 Å². The second-order valence-electron chi connectivity index (χ2n) is 3.61. The zero-order chi connectivity index (χ0) is 10.0. The van der Waals surface area contributed by atoms with Crippen LogP contribution in [0.5, 0.6) is 0 Å². The summed E-state index contributed by atoms with van der Waals surface area (Å²) in [5.74, 6) is -0.933. The van der Waals surface area contributed by atoms with E-state index in [9.17, 15) is 15.0 Å². The first-order chi connectivity index (χ1) is 6.00. The van der Waals surface area contributed by atoms with Crippen molar-refractivity contribution in [3.8, 4) is 0 Å². The molecule has 0 radical (unpaired) electrons. The lowest BCUT2D eigenvalue weighted by Gasteiger charge is -2.29. The third-order valence-electron chi connectivity index (χ3n) is 2.36. The van der Waals surface area contributed by atoms with Crippen molar-refractivity contribution in [3.05, 3.63) is 11.6 Å². The third kappa shape index (κ3) is 2.54. The minimum atomic E-state index is -0.753. The average molecular weight is 185 g/mol. The summed E-state index contributed by atoms with van der Waals surface area (Å²) in [4.78, 5) is 10.6. The molecule has 0 heterocycles. The van der Waals surface area contributed by atoms with Crippen LogP contribution in [0.15, 0.2) is 11.6 Å². The van der Waals surface area contributed by atoms with Crippen LogP contribution in [0, 0.1) is 5.92 Å². The first-order valence-electron chi connectivity index (χ1n) is 4.32. The Morgan fingerprint density at radius 2 is 2.31 bits per heavy atom. The van der Waals surface area contributed by atoms with Gasteiger partial charge >= 0.3 is 0 Å². The van der Waals surface area contributed by atoms with Crippen molar-refractivity contribution in [3.63, 3.8) is 0 Å². The standard InChI is InChI=1S/C9H15NO3/c1-5-2-7(11)6(4-9(10)13)8(12)3-5/h2,6-8,11-12H,3-4H2,1H3,(H2,10,13). The smallest absolute Gasteiger partial charge is 0.217 e. The first kappa shape index (κ1) is 10.2. The first-order valence-corrected chi connectivity index (χ1v) is 4.32. The molecule has 3 unspecified atom stereocenters. The highest BCUT2D eigenvalue weighted by atomic mass is 16.3. The summed E-state index contributed by atoms with van der Waals surface area (Å²) < 4.78 is 0. The van der Waals surface area contributed by atoms with Gasteiger partial charge in [-0.15, -0.1) is 0 Å². The number of aliphatic hydroxyl groups excluding tert-OH is 2. The fraction of sp³-hybridized carbons (Fsp3) is 0.667. The molecule has 13 heavy (non-hydrogen) atoms. The van der Waals surface area contributed by atoms with Gasteiger partial charge in [0.05, 0.1) is 12.2 Å². The Morgan fingerprint density at radius 1 is 1.69 bits per heavy atom. The highest BCUT2D eigenvalue weighted by Crippen LogP contribution is 2.26. The number of nitrogens with two attached hydrogens (primary N) is 1. The van der Waals surface area contributed by atoms with E-state index in [1.54, 1.807) is 6.08 Å². The zero-order valence-corrected chi connectivity index (χ0v) is 7.60. The molecule has 4 heteroatoms. The van der Waals surface area contributed by atoms with Crippen LogP contribution in [0.4, 0.5) is 0 Å². The second kappa shape index (κ2) is 3.89. The summed E-state index contributed by atoms with van der Waals surface area (Å²) in [5.41, 5.74) is 5.95. The van der Waals surface area contributed by atoms with Gasteiger partial charge in [0.2, 0.25) is 5.91 Å². The number of carbonyl (C=O) groups excluding carboxylic acids is 1. The molecular weight excluding hydrogens is 170 g/mol. The van der Waals surface area contributed by atoms with Crippen LogP contribution >= 0.6 is 0 Å². The van der Waals surface area contributed by atoms with Gasteiger partial charge in [0.15, 0.2) is 0 Å². The maximum atomic E-state index is 10.6. The van der Waals surface area contributed by atoms with Crippen LogP contribution in [0.3, 0.4) is 0 Å². The lowest BCUT2D eigenvalue weighted by molar-refractivity contribution is -0.121. The second-order valence-corrected chi connectivity index (χ2v) is 3.61. The molecular formula is C9H15NO3. The van der Waals surface area contributed by atoms with Gasteiger partial charge in [0.25, 0.3) is 0 Å². The normalized spacial score (nSPS) is 34.1. The molecule has 1 aliphatic rings. The van der Waals surface area contributed by atoms with Gasteiger partial charge in [-0.1, -0.05) is 11.6 Å². The van der Waals surface area contributed by atoms with Crippen LogP contribution in [-0.2, 0) is 4.79 Å². The van der Waals surface area contributed by atoms with E-state index in [1.165, 1.54) is 0 Å². The summed E-state index contributed by atoms with van der Waals surface area (Å²) in [7, 11) is 0. The van der Waals surface area contributed by atoms with Gasteiger partial charge < -0.3 is 15.9 Å². The molecule has 0 saturated heterocycles. The van der Waals surface area contributed by atoms with E-state index < -0.39 is 24.0 Å². The maximum Gasteiger partial charge on any atom is 0.217 e. The van der Waals surface area contributed by atoms with E-state index in [0.29, 0.717) is 6.42 Å². The topological polar surface area (TPSA) is 83.5 Å². The summed E-state index contributed by atoms with van der Waals surface area (Å²) >= 11 is 0. The molecule has 1 rings (SSSR count). The molecule has 0 aliphatic heterocycles. The monoisotopic (exact) mass is 185 g/mol. The number of aliphatic hydroxyl groups is 2. The van der Waals surface area contributed by atoms with Crippen molar-refractivity contribution >= 4 is 5.91 Å². The van der Waals surface area contributed by atoms with Crippen molar-refractivity contribution < 1.29 is 15.0 Å². The predicted molar refractivity (Wildman–Crippen MR) is 47.7 cm³/mol. The van der Waals surface area contributed by atoms with Crippen LogP contribution in [0.1, 0.15) is 19.8 Å². The summed E-state index contributed by atoms with van der Waals surface area (Å²) in [6, 6.07) is 0. The lowest BCUT2D eigenvalue weighted by Crippen LogP contribution is -2.37. The van der Waals surface area contributed by atoms with Crippen molar-refractivity contribution in [1.29, 1.82) is 0 Å². The SMILES string of the molecule is CC1=CC(O)C(CC(N)=O)C(O)C1. The fourth-order valence-electron chi connectivity index (χ4n) is 1.68. The summed E-state index contributed by atoms with van der Waals surface area (Å²) in [5, 5.41) is 19.1. The molecule has 0 aromatic rings. The van der Waals surface area contributed by atoms with Crippen molar-refractivity contribution in [2.24, 2.45) is 11.7 Å². The number of rotatable bonds is 2. The average Bonchev–Trinajstić information content (AvgIpc) is 1.96. The largest absolute Gasteiger partial charge is 0.392 e. The van der Waals surface area contributed by atoms with Crippen molar-refractivity contribution in [1.82, 2.24) is 0 Å². The Kier molecular flexibility index (Phi) is 3.06. The molecule has 0 aromatic carbocycles. The highest BCUT2D eigenvalue weighted by molar-refractivity contribution is 5.74. The van der Waals surface area contributed by atoms with Gasteiger partial charge in [0.1, 0.15) is 0 Å². The molecule has 3 atom stereocenters. The van der Waals surface area contributed by atoms with E-state index in [1.807, 2.05) is 6.92 Å². The van der Waals surface area contributed by atoms with E-state index in [-0.39, 0.29) is 6.42 Å². The van der Waals surface area contributed by atoms with Crippen LogP contribution in [0.25, 0.3) is 0 Å². The van der Waals surface area contributed by atoms with Gasteiger partial charge in [-0.2, -0.15) is 0 Å². The Hall–Kier alpha value is -0.870. The molecule has 0 spiro atoms. The number of carbonyl (C=O) groups is 1. The van der Waals surface area contributed by atoms with E-state index in [4.69, 9.17) is 5.73 Å². The number of amides is 1. The van der Waals surface area contributed by atoms with E-state index in [2.05, 4.69) is 0 Å². The van der Waals surface area contributed by atoms with Gasteiger partial charge in [-0.25, -0.2) is 0 Å². The molecule has 0 fully saturated rings. The Balaban J connectivity index is 2.68. The molecule has 1 amide bonds. The lowest BCUT2D eigenvalue weighted by atomic mass is 9.83. The fourth-order valence-corrected chi connectivity index (χ4v) is 1.68. The zero-order valence-electron chi connectivity index (χ0n) is 7.60. The predicted octanol–water partition coefficient (Wildman–Crippen LogP) is -0.450. The van der Waals surface area contributed by atoms with E-state index in [0.717, 1.165) is 5.57 Å². The number of hydrogen-bond acceptors (Lipinski definition) is 3. The van der Waals surface area contributed by atoms with Crippen LogP contribution in [0.2, 0.25) is 0 Å². The molecule has 74 valence electrons. The Morgan fingerprint density at radius 3 is 2.77 bits per heavy atom. The summed E-state index contributed by atoms with van der Waals surface area (Å²) in [6.07, 6.45) is 0.797. The molecule has 1 aliphatic carbocycles. The molecule has 0 bridgehead atoms. The third-order valence-corrected chi connectivity index (χ3v) is 2.36. The highest BCUT2D eigenvalue weighted by Gasteiger charge is 2.30. The molecule has 4 nitrogen and oxygen atoms in total. The molecule has 0 saturated carbocycles. The van der Waals surface area contributed by atoms with Crippen molar-refractivity contribution in [2.45, 2.75) is 32.0 Å². The van der Waals surface area contributed by atoms with Gasteiger partial charge in [-0.3, -0.25) is 4.79 Å². The number of primary amides is 1. The summed E-state index contributed by atoms with van der Waals surface area (Å²) in [6.45, 7) is 1.84. The van der Waals surface area contributed by atoms with Crippen molar-refractivity contribution in [2.75, 3.05) is 0 Å². The Bertz CT molecular complexity index is 237. The molecule has 0 aromatic heterocycles. The quantitative estimate of drug-likeness (QED) is 0.509.